The fourth-order valence-corrected chi connectivity index (χ4v) is 2.51. The molecule has 4 heteroatoms. The molecule has 4 nitrogen and oxygen atoms in total. The van der Waals surface area contributed by atoms with Crippen LogP contribution in [0.5, 0.6) is 0 Å². The first-order valence-electron chi connectivity index (χ1n) is 7.57. The Kier molecular flexibility index (Phi) is 4.24. The number of hydrogen-bond donors (Lipinski definition) is 2. The zero-order valence-corrected chi connectivity index (χ0v) is 13.3. The monoisotopic (exact) mass is 305 g/mol. The van der Waals surface area contributed by atoms with Crippen molar-refractivity contribution in [3.05, 3.63) is 70.9 Å². The molecule has 0 spiro atoms. The maximum Gasteiger partial charge on any atom is 0.244 e. The molecule has 23 heavy (non-hydrogen) atoms. The molecule has 0 aliphatic rings. The fraction of sp³-hybridized carbons (Fsp3) is 0.158. The Balaban J connectivity index is 1.63. The molecule has 3 rings (SSSR count). The highest BCUT2D eigenvalue weighted by atomic mass is 16.2. The number of nitrogens with one attached hydrogen (secondary N) is 2. The van der Waals surface area contributed by atoms with Crippen LogP contribution in [0.3, 0.4) is 0 Å². The van der Waals surface area contributed by atoms with Crippen molar-refractivity contribution in [2.24, 2.45) is 5.10 Å². The van der Waals surface area contributed by atoms with Crippen LogP contribution in [0.2, 0.25) is 0 Å². The Morgan fingerprint density at radius 3 is 2.83 bits per heavy atom. The van der Waals surface area contributed by atoms with Gasteiger partial charge in [-0.3, -0.25) is 4.79 Å². The molecule has 2 N–H and O–H groups in total. The summed E-state index contributed by atoms with van der Waals surface area (Å²) in [5, 5.41) is 5.14. The second kappa shape index (κ2) is 6.48. The summed E-state index contributed by atoms with van der Waals surface area (Å²) in [6, 6.07) is 14.0. The molecule has 0 unspecified atom stereocenters. The number of benzene rings is 2. The lowest BCUT2D eigenvalue weighted by Crippen LogP contribution is -2.19. The van der Waals surface area contributed by atoms with Crippen LogP contribution in [0.4, 0.5) is 0 Å². The van der Waals surface area contributed by atoms with E-state index in [-0.39, 0.29) is 5.91 Å². The number of fused-ring (bicyclic) bond motifs is 1. The van der Waals surface area contributed by atoms with Crippen molar-refractivity contribution in [2.75, 3.05) is 0 Å². The van der Waals surface area contributed by atoms with E-state index in [0.717, 1.165) is 22.0 Å². The number of hydrazone groups is 1. The molecule has 0 saturated carbocycles. The van der Waals surface area contributed by atoms with E-state index < -0.39 is 0 Å². The number of rotatable bonds is 4. The van der Waals surface area contributed by atoms with Crippen LogP contribution < -0.4 is 5.43 Å². The lowest BCUT2D eigenvalue weighted by Gasteiger charge is -2.04. The van der Waals surface area contributed by atoms with E-state index in [1.165, 1.54) is 11.1 Å². The zero-order valence-electron chi connectivity index (χ0n) is 13.3. The highest BCUT2D eigenvalue weighted by Crippen LogP contribution is 2.15. The Labute approximate surface area is 135 Å². The highest BCUT2D eigenvalue weighted by Gasteiger charge is 2.04. The van der Waals surface area contributed by atoms with Gasteiger partial charge >= 0.3 is 0 Å². The van der Waals surface area contributed by atoms with Gasteiger partial charge in [-0.05, 0) is 36.6 Å². The van der Waals surface area contributed by atoms with Crippen LogP contribution in [-0.2, 0) is 11.2 Å². The van der Waals surface area contributed by atoms with Gasteiger partial charge in [0.25, 0.3) is 0 Å². The van der Waals surface area contributed by atoms with Crippen LogP contribution >= 0.6 is 0 Å². The quantitative estimate of drug-likeness (QED) is 0.563. The molecule has 0 fully saturated rings. The number of aromatic amines is 1. The molecule has 0 atom stereocenters. The smallest absolute Gasteiger partial charge is 0.244 e. The van der Waals surface area contributed by atoms with Crippen LogP contribution in [0.15, 0.2) is 53.8 Å². The van der Waals surface area contributed by atoms with Gasteiger partial charge in [0.1, 0.15) is 0 Å². The summed E-state index contributed by atoms with van der Waals surface area (Å²) >= 11 is 0. The minimum atomic E-state index is -0.121. The molecule has 1 aromatic heterocycles. The van der Waals surface area contributed by atoms with Gasteiger partial charge in [0.15, 0.2) is 0 Å². The molecule has 116 valence electrons. The Bertz CT molecular complexity index is 877. The summed E-state index contributed by atoms with van der Waals surface area (Å²) in [5.74, 6) is -0.121. The van der Waals surface area contributed by atoms with E-state index >= 15 is 0 Å². The minimum Gasteiger partial charge on any atom is -0.361 e. The van der Waals surface area contributed by atoms with Gasteiger partial charge in [0, 0.05) is 22.7 Å². The molecule has 2 aromatic carbocycles. The average Bonchev–Trinajstić information content (AvgIpc) is 2.94. The molecule has 1 heterocycles. The second-order valence-electron chi connectivity index (χ2n) is 5.68. The summed E-state index contributed by atoms with van der Waals surface area (Å²) in [5.41, 5.74) is 8.00. The largest absolute Gasteiger partial charge is 0.361 e. The van der Waals surface area contributed by atoms with E-state index in [9.17, 15) is 4.79 Å². The molecule has 0 aliphatic heterocycles. The van der Waals surface area contributed by atoms with Crippen molar-refractivity contribution in [3.8, 4) is 0 Å². The predicted octanol–water partition coefficient (Wildman–Crippen LogP) is 3.48. The number of hydrogen-bond acceptors (Lipinski definition) is 2. The third kappa shape index (κ3) is 3.48. The normalized spacial score (nSPS) is 11.2. The van der Waals surface area contributed by atoms with E-state index in [1.807, 2.05) is 55.6 Å². The second-order valence-corrected chi connectivity index (χ2v) is 5.68. The molecular formula is C19H19N3O. The maximum atomic E-state index is 12.0. The van der Waals surface area contributed by atoms with E-state index in [2.05, 4.69) is 22.4 Å². The van der Waals surface area contributed by atoms with Gasteiger partial charge in [-0.1, -0.05) is 36.4 Å². The van der Waals surface area contributed by atoms with Gasteiger partial charge in [-0.15, -0.1) is 0 Å². The van der Waals surface area contributed by atoms with Crippen LogP contribution in [-0.4, -0.2) is 17.1 Å². The van der Waals surface area contributed by atoms with Gasteiger partial charge < -0.3 is 4.98 Å². The standard InChI is InChI=1S/C19H19N3O/c1-13-7-8-15(9-14(13)2)10-19(23)22-21-12-16-11-20-18-6-4-3-5-17(16)18/h3-9,11-12,20H,10H2,1-2H3,(H,22,23)/b21-12-. The van der Waals surface area contributed by atoms with Crippen LogP contribution in [0.25, 0.3) is 10.9 Å². The number of carbonyl (C=O) groups excluding carboxylic acids is 1. The molecule has 3 aromatic rings. The first-order valence-corrected chi connectivity index (χ1v) is 7.57. The third-order valence-electron chi connectivity index (χ3n) is 3.95. The highest BCUT2D eigenvalue weighted by molar-refractivity contribution is 5.99. The summed E-state index contributed by atoms with van der Waals surface area (Å²) in [7, 11) is 0. The van der Waals surface area contributed by atoms with E-state index in [1.54, 1.807) is 6.21 Å². The Morgan fingerprint density at radius 2 is 2.00 bits per heavy atom. The van der Waals surface area contributed by atoms with Gasteiger partial charge in [0.2, 0.25) is 5.91 Å². The third-order valence-corrected chi connectivity index (χ3v) is 3.95. The minimum absolute atomic E-state index is 0.121. The van der Waals surface area contributed by atoms with Crippen molar-refractivity contribution in [1.29, 1.82) is 0 Å². The maximum absolute atomic E-state index is 12.0. The number of H-pyrrole nitrogens is 1. The van der Waals surface area contributed by atoms with Gasteiger partial charge in [-0.2, -0.15) is 5.10 Å². The summed E-state index contributed by atoms with van der Waals surface area (Å²) in [6.07, 6.45) is 3.87. The summed E-state index contributed by atoms with van der Waals surface area (Å²) < 4.78 is 0. The lowest BCUT2D eigenvalue weighted by atomic mass is 10.0. The number of nitrogens with zero attached hydrogens (tertiary/aromatic N) is 1. The molecule has 0 aliphatic carbocycles. The van der Waals surface area contributed by atoms with E-state index in [4.69, 9.17) is 0 Å². The molecule has 0 saturated heterocycles. The van der Waals surface area contributed by atoms with Crippen molar-refractivity contribution < 1.29 is 4.79 Å². The van der Waals surface area contributed by atoms with Crippen LogP contribution in [0.1, 0.15) is 22.3 Å². The molecular weight excluding hydrogens is 286 g/mol. The first-order chi connectivity index (χ1) is 11.1. The number of carbonyl (C=O) groups is 1. The van der Waals surface area contributed by atoms with Gasteiger partial charge in [0.05, 0.1) is 12.6 Å². The molecule has 0 bridgehead atoms. The first kappa shape index (κ1) is 15.0. The van der Waals surface area contributed by atoms with Crippen molar-refractivity contribution in [2.45, 2.75) is 20.3 Å². The summed E-state index contributed by atoms with van der Waals surface area (Å²) in [6.45, 7) is 4.11. The number of aromatic nitrogens is 1. The summed E-state index contributed by atoms with van der Waals surface area (Å²) in [4.78, 5) is 15.1. The van der Waals surface area contributed by atoms with E-state index in [0.29, 0.717) is 6.42 Å². The zero-order chi connectivity index (χ0) is 16.2. The topological polar surface area (TPSA) is 57.2 Å². The predicted molar refractivity (Wildman–Crippen MR) is 93.7 cm³/mol. The number of amides is 1. The molecule has 0 radical (unpaired) electrons. The molecule has 1 amide bonds. The lowest BCUT2D eigenvalue weighted by molar-refractivity contribution is -0.120. The van der Waals surface area contributed by atoms with Crippen LogP contribution in [0, 0.1) is 13.8 Å². The van der Waals surface area contributed by atoms with Crippen molar-refractivity contribution in [3.63, 3.8) is 0 Å². The van der Waals surface area contributed by atoms with Crippen molar-refractivity contribution >= 4 is 23.0 Å². The Morgan fingerprint density at radius 1 is 1.17 bits per heavy atom. The Hall–Kier alpha value is -2.88. The number of aryl methyl sites for hydroxylation is 2. The van der Waals surface area contributed by atoms with Crippen molar-refractivity contribution in [1.82, 2.24) is 10.4 Å². The van der Waals surface area contributed by atoms with Gasteiger partial charge in [-0.25, -0.2) is 5.43 Å². The number of para-hydroxylation sites is 1. The average molecular weight is 305 g/mol. The fourth-order valence-electron chi connectivity index (χ4n) is 2.51. The SMILES string of the molecule is Cc1ccc(CC(=O)N/N=C\c2c[nH]c3ccccc23)cc1C.